The number of hydrogen-bond donors (Lipinski definition) is 1. The molecule has 0 aliphatic heterocycles. The summed E-state index contributed by atoms with van der Waals surface area (Å²) < 4.78 is 1.90. The van der Waals surface area contributed by atoms with Crippen molar-refractivity contribution in [2.75, 3.05) is 0 Å². The molecule has 1 unspecified atom stereocenters. The molecule has 1 atom stereocenters. The first kappa shape index (κ1) is 13.6. The van der Waals surface area contributed by atoms with Crippen LogP contribution in [0.3, 0.4) is 0 Å². The van der Waals surface area contributed by atoms with Crippen molar-refractivity contribution < 1.29 is 0 Å². The van der Waals surface area contributed by atoms with Gasteiger partial charge >= 0.3 is 0 Å². The Balaban J connectivity index is 1.83. The molecule has 0 aliphatic carbocycles. The van der Waals surface area contributed by atoms with Crippen molar-refractivity contribution in [1.82, 2.24) is 9.78 Å². The minimum atomic E-state index is 0.185. The number of hydrogen-bond acceptors (Lipinski definition) is 2. The van der Waals surface area contributed by atoms with E-state index in [-0.39, 0.29) is 6.04 Å². The van der Waals surface area contributed by atoms with Gasteiger partial charge in [-0.15, -0.1) is 0 Å². The van der Waals surface area contributed by atoms with Gasteiger partial charge in [-0.3, -0.25) is 0 Å². The average Bonchev–Trinajstić information content (AvgIpc) is 2.98. The van der Waals surface area contributed by atoms with Crippen molar-refractivity contribution in [3.8, 4) is 16.8 Å². The number of rotatable bonds is 4. The number of nitrogens with zero attached hydrogens (tertiary/aromatic N) is 2. The van der Waals surface area contributed by atoms with Crippen LogP contribution in [0.2, 0.25) is 0 Å². The van der Waals surface area contributed by atoms with E-state index in [1.807, 2.05) is 36.0 Å². The minimum Gasteiger partial charge on any atom is -0.328 e. The fourth-order valence-corrected chi connectivity index (χ4v) is 2.40. The van der Waals surface area contributed by atoms with E-state index < -0.39 is 0 Å². The van der Waals surface area contributed by atoms with Crippen LogP contribution in [-0.2, 0) is 6.42 Å². The topological polar surface area (TPSA) is 43.8 Å². The van der Waals surface area contributed by atoms with E-state index in [1.54, 1.807) is 0 Å². The molecule has 0 fully saturated rings. The maximum atomic E-state index is 5.82. The normalized spacial score (nSPS) is 12.3. The number of benzene rings is 2. The highest BCUT2D eigenvalue weighted by Crippen LogP contribution is 2.19. The lowest BCUT2D eigenvalue weighted by atomic mass is 10.1. The van der Waals surface area contributed by atoms with E-state index in [2.05, 4.69) is 47.7 Å². The molecule has 3 aromatic rings. The van der Waals surface area contributed by atoms with Crippen LogP contribution in [0.15, 0.2) is 67.0 Å². The molecule has 2 N–H and O–H groups in total. The van der Waals surface area contributed by atoms with Gasteiger partial charge in [0.15, 0.2) is 0 Å². The molecule has 3 nitrogen and oxygen atoms in total. The molecular weight excluding hydrogens is 258 g/mol. The van der Waals surface area contributed by atoms with E-state index in [4.69, 9.17) is 5.73 Å². The van der Waals surface area contributed by atoms with Gasteiger partial charge in [0.2, 0.25) is 0 Å². The fourth-order valence-electron chi connectivity index (χ4n) is 2.40. The van der Waals surface area contributed by atoms with E-state index >= 15 is 0 Å². The summed E-state index contributed by atoms with van der Waals surface area (Å²) >= 11 is 0. The Morgan fingerprint density at radius 1 is 1.00 bits per heavy atom. The second-order valence-corrected chi connectivity index (χ2v) is 5.39. The summed E-state index contributed by atoms with van der Waals surface area (Å²) in [5.74, 6) is 0. The van der Waals surface area contributed by atoms with Crippen LogP contribution >= 0.6 is 0 Å². The molecule has 1 aromatic heterocycles. The zero-order valence-corrected chi connectivity index (χ0v) is 12.1. The summed E-state index contributed by atoms with van der Waals surface area (Å²) in [7, 11) is 0. The molecular formula is C18H19N3. The zero-order chi connectivity index (χ0) is 14.7. The Kier molecular flexibility index (Phi) is 3.84. The van der Waals surface area contributed by atoms with Gasteiger partial charge in [0.25, 0.3) is 0 Å². The highest BCUT2D eigenvalue weighted by atomic mass is 15.3. The van der Waals surface area contributed by atoms with E-state index in [9.17, 15) is 0 Å². The Morgan fingerprint density at radius 2 is 1.71 bits per heavy atom. The quantitative estimate of drug-likeness (QED) is 0.794. The fraction of sp³-hybridized carbons (Fsp3) is 0.167. The van der Waals surface area contributed by atoms with Crippen LogP contribution in [0.25, 0.3) is 16.8 Å². The Hall–Kier alpha value is -2.39. The summed E-state index contributed by atoms with van der Waals surface area (Å²) in [6, 6.07) is 18.9. The van der Waals surface area contributed by atoms with Crippen LogP contribution in [-0.4, -0.2) is 15.8 Å². The molecule has 0 spiro atoms. The molecule has 3 rings (SSSR count). The standard InChI is InChI=1S/C18H19N3/c1-14(19)11-15-7-9-18(10-8-15)21-13-17(12-20-21)16-5-3-2-4-6-16/h2-10,12-14H,11,19H2,1H3. The van der Waals surface area contributed by atoms with Gasteiger partial charge in [-0.05, 0) is 36.6 Å². The second kappa shape index (κ2) is 5.94. The van der Waals surface area contributed by atoms with Gasteiger partial charge < -0.3 is 5.73 Å². The van der Waals surface area contributed by atoms with Crippen LogP contribution in [0.5, 0.6) is 0 Å². The van der Waals surface area contributed by atoms with Crippen molar-refractivity contribution in [3.63, 3.8) is 0 Å². The first-order valence-corrected chi connectivity index (χ1v) is 7.17. The molecule has 1 heterocycles. The van der Waals surface area contributed by atoms with Crippen LogP contribution in [0, 0.1) is 0 Å². The molecule has 0 saturated carbocycles. The average molecular weight is 277 g/mol. The molecule has 21 heavy (non-hydrogen) atoms. The Bertz CT molecular complexity index is 697. The highest BCUT2D eigenvalue weighted by molar-refractivity contribution is 5.62. The molecule has 106 valence electrons. The van der Waals surface area contributed by atoms with Gasteiger partial charge in [-0.25, -0.2) is 4.68 Å². The smallest absolute Gasteiger partial charge is 0.0645 e. The zero-order valence-electron chi connectivity index (χ0n) is 12.1. The molecule has 0 radical (unpaired) electrons. The summed E-state index contributed by atoms with van der Waals surface area (Å²) in [5.41, 5.74) is 10.4. The van der Waals surface area contributed by atoms with Gasteiger partial charge in [-0.1, -0.05) is 42.5 Å². The van der Waals surface area contributed by atoms with E-state index in [1.165, 1.54) is 11.1 Å². The summed E-state index contributed by atoms with van der Waals surface area (Å²) in [6.45, 7) is 2.02. The van der Waals surface area contributed by atoms with Crippen LogP contribution in [0.4, 0.5) is 0 Å². The third kappa shape index (κ3) is 3.20. The van der Waals surface area contributed by atoms with Crippen molar-refractivity contribution in [2.45, 2.75) is 19.4 Å². The van der Waals surface area contributed by atoms with Crippen LogP contribution in [0.1, 0.15) is 12.5 Å². The summed E-state index contributed by atoms with van der Waals surface area (Å²) in [4.78, 5) is 0. The maximum absolute atomic E-state index is 5.82. The maximum Gasteiger partial charge on any atom is 0.0645 e. The lowest BCUT2D eigenvalue weighted by Gasteiger charge is -2.06. The lowest BCUT2D eigenvalue weighted by molar-refractivity contribution is 0.737. The summed E-state index contributed by atoms with van der Waals surface area (Å²) in [5, 5.41) is 4.45. The van der Waals surface area contributed by atoms with Gasteiger partial charge in [0.05, 0.1) is 11.9 Å². The largest absolute Gasteiger partial charge is 0.328 e. The molecule has 3 heteroatoms. The molecule has 0 aliphatic rings. The van der Waals surface area contributed by atoms with Crippen molar-refractivity contribution in [2.24, 2.45) is 5.73 Å². The van der Waals surface area contributed by atoms with Gasteiger partial charge in [0, 0.05) is 17.8 Å². The van der Waals surface area contributed by atoms with Crippen molar-refractivity contribution in [1.29, 1.82) is 0 Å². The molecule has 2 aromatic carbocycles. The monoisotopic (exact) mass is 277 g/mol. The second-order valence-electron chi connectivity index (χ2n) is 5.39. The summed E-state index contributed by atoms with van der Waals surface area (Å²) in [6.07, 6.45) is 4.84. The first-order valence-electron chi connectivity index (χ1n) is 7.17. The minimum absolute atomic E-state index is 0.185. The first-order chi connectivity index (χ1) is 10.2. The third-order valence-corrected chi connectivity index (χ3v) is 3.45. The van der Waals surface area contributed by atoms with Crippen molar-refractivity contribution in [3.05, 3.63) is 72.6 Å². The van der Waals surface area contributed by atoms with E-state index in [0.717, 1.165) is 17.7 Å². The molecule has 0 saturated heterocycles. The Labute approximate surface area is 125 Å². The number of aromatic nitrogens is 2. The van der Waals surface area contributed by atoms with Crippen molar-refractivity contribution >= 4 is 0 Å². The van der Waals surface area contributed by atoms with E-state index in [0.29, 0.717) is 0 Å². The molecule has 0 amide bonds. The lowest BCUT2D eigenvalue weighted by Crippen LogP contribution is -2.17. The SMILES string of the molecule is CC(N)Cc1ccc(-n2cc(-c3ccccc3)cn2)cc1. The third-order valence-electron chi connectivity index (χ3n) is 3.45. The van der Waals surface area contributed by atoms with Gasteiger partial charge in [0.1, 0.15) is 0 Å². The van der Waals surface area contributed by atoms with Gasteiger partial charge in [-0.2, -0.15) is 5.10 Å². The van der Waals surface area contributed by atoms with Crippen LogP contribution < -0.4 is 5.73 Å². The molecule has 0 bridgehead atoms. The Morgan fingerprint density at radius 3 is 2.38 bits per heavy atom. The predicted molar refractivity (Wildman–Crippen MR) is 86.4 cm³/mol. The number of nitrogens with two attached hydrogens (primary N) is 1. The predicted octanol–water partition coefficient (Wildman–Crippen LogP) is 3.43. The highest BCUT2D eigenvalue weighted by Gasteiger charge is 2.04.